The van der Waals surface area contributed by atoms with Gasteiger partial charge in [-0.3, -0.25) is 0 Å². The Morgan fingerprint density at radius 1 is 1.14 bits per heavy atom. The van der Waals surface area contributed by atoms with Gasteiger partial charge < -0.3 is 5.32 Å². The molecule has 0 unspecified atom stereocenters. The number of rotatable bonds is 4. The molecular formula is C17H16FN3. The van der Waals surface area contributed by atoms with Gasteiger partial charge in [0.15, 0.2) is 0 Å². The lowest BCUT2D eigenvalue weighted by atomic mass is 10.1. The second-order valence-electron chi connectivity index (χ2n) is 4.93. The largest absolute Gasteiger partial charge is 0.381 e. The molecule has 0 aliphatic rings. The lowest BCUT2D eigenvalue weighted by molar-refractivity contribution is 0.625. The second-order valence-corrected chi connectivity index (χ2v) is 4.93. The van der Waals surface area contributed by atoms with Crippen molar-refractivity contribution in [3.05, 3.63) is 77.9 Å². The Morgan fingerprint density at radius 2 is 2.05 bits per heavy atom. The fraction of sp³-hybridized carbons (Fsp3) is 0.118. The first kappa shape index (κ1) is 13.4. The number of hydrogen-bond acceptors (Lipinski definition) is 2. The zero-order valence-electron chi connectivity index (χ0n) is 11.8. The van der Waals surface area contributed by atoms with Crippen molar-refractivity contribution in [1.82, 2.24) is 9.78 Å². The summed E-state index contributed by atoms with van der Waals surface area (Å²) in [7, 11) is 0. The summed E-state index contributed by atoms with van der Waals surface area (Å²) < 4.78 is 15.1. The van der Waals surface area contributed by atoms with Crippen molar-refractivity contribution in [2.75, 3.05) is 5.32 Å². The Morgan fingerprint density at radius 3 is 2.86 bits per heavy atom. The molecule has 0 aliphatic carbocycles. The normalized spacial score (nSPS) is 10.6. The number of benzene rings is 2. The highest BCUT2D eigenvalue weighted by Crippen LogP contribution is 2.16. The van der Waals surface area contributed by atoms with E-state index < -0.39 is 0 Å². The third-order valence-corrected chi connectivity index (χ3v) is 3.41. The molecule has 1 heterocycles. The Balaban J connectivity index is 1.76. The molecule has 0 fully saturated rings. The molecule has 4 heteroatoms. The summed E-state index contributed by atoms with van der Waals surface area (Å²) in [6.45, 7) is 2.57. The third-order valence-electron chi connectivity index (χ3n) is 3.41. The molecule has 0 bridgehead atoms. The fourth-order valence-electron chi connectivity index (χ4n) is 2.21. The molecule has 106 valence electrons. The van der Waals surface area contributed by atoms with Crippen molar-refractivity contribution < 1.29 is 4.39 Å². The molecule has 0 amide bonds. The topological polar surface area (TPSA) is 29.9 Å². The van der Waals surface area contributed by atoms with E-state index in [2.05, 4.69) is 10.4 Å². The van der Waals surface area contributed by atoms with E-state index in [0.717, 1.165) is 22.5 Å². The maximum Gasteiger partial charge on any atom is 0.123 e. The van der Waals surface area contributed by atoms with Crippen LogP contribution >= 0.6 is 0 Å². The van der Waals surface area contributed by atoms with Gasteiger partial charge in [-0.25, -0.2) is 9.07 Å². The van der Waals surface area contributed by atoms with E-state index in [1.807, 2.05) is 43.5 Å². The first-order chi connectivity index (χ1) is 10.2. The number of nitrogens with one attached hydrogen (secondary N) is 1. The van der Waals surface area contributed by atoms with Gasteiger partial charge in [0, 0.05) is 24.6 Å². The molecule has 2 aromatic carbocycles. The summed E-state index contributed by atoms with van der Waals surface area (Å²) >= 11 is 0. The Labute approximate surface area is 123 Å². The van der Waals surface area contributed by atoms with Crippen LogP contribution in [0.4, 0.5) is 10.1 Å². The van der Waals surface area contributed by atoms with Crippen LogP contribution in [0.25, 0.3) is 5.69 Å². The van der Waals surface area contributed by atoms with Gasteiger partial charge >= 0.3 is 0 Å². The average Bonchev–Trinajstić information content (AvgIpc) is 3.03. The summed E-state index contributed by atoms with van der Waals surface area (Å²) in [5.41, 5.74) is 4.00. The summed E-state index contributed by atoms with van der Waals surface area (Å²) in [5, 5.41) is 7.53. The van der Waals surface area contributed by atoms with Crippen molar-refractivity contribution in [2.24, 2.45) is 0 Å². The molecule has 1 N–H and O–H groups in total. The molecule has 21 heavy (non-hydrogen) atoms. The fourth-order valence-corrected chi connectivity index (χ4v) is 2.21. The summed E-state index contributed by atoms with van der Waals surface area (Å²) in [6.07, 6.45) is 3.64. The van der Waals surface area contributed by atoms with Crippen LogP contribution in [0.5, 0.6) is 0 Å². The minimum Gasteiger partial charge on any atom is -0.381 e. The number of nitrogens with zero attached hydrogens (tertiary/aromatic N) is 2. The van der Waals surface area contributed by atoms with Crippen LogP contribution in [0.3, 0.4) is 0 Å². The SMILES string of the molecule is Cc1ccc(F)cc1CNc1cccc(-n2cccn2)c1. The number of halogens is 1. The van der Waals surface area contributed by atoms with E-state index in [-0.39, 0.29) is 5.82 Å². The summed E-state index contributed by atoms with van der Waals surface area (Å²) in [6, 6.07) is 14.7. The van der Waals surface area contributed by atoms with Gasteiger partial charge in [0.2, 0.25) is 0 Å². The molecule has 3 aromatic rings. The minimum atomic E-state index is -0.206. The van der Waals surface area contributed by atoms with E-state index in [4.69, 9.17) is 0 Å². The van der Waals surface area contributed by atoms with Crippen LogP contribution in [0.2, 0.25) is 0 Å². The first-order valence-corrected chi connectivity index (χ1v) is 6.81. The van der Waals surface area contributed by atoms with Gasteiger partial charge in [-0.1, -0.05) is 12.1 Å². The van der Waals surface area contributed by atoms with E-state index in [9.17, 15) is 4.39 Å². The van der Waals surface area contributed by atoms with Crippen LogP contribution in [-0.2, 0) is 6.54 Å². The molecular weight excluding hydrogens is 265 g/mol. The maximum atomic E-state index is 13.3. The first-order valence-electron chi connectivity index (χ1n) is 6.81. The molecule has 0 radical (unpaired) electrons. The van der Waals surface area contributed by atoms with E-state index in [0.29, 0.717) is 6.54 Å². The maximum absolute atomic E-state index is 13.3. The van der Waals surface area contributed by atoms with Gasteiger partial charge in [0.1, 0.15) is 5.82 Å². The highest BCUT2D eigenvalue weighted by Gasteiger charge is 2.02. The molecule has 0 atom stereocenters. The molecule has 3 nitrogen and oxygen atoms in total. The van der Waals surface area contributed by atoms with Gasteiger partial charge in [0.05, 0.1) is 5.69 Å². The Bertz CT molecular complexity index is 736. The van der Waals surface area contributed by atoms with E-state index in [1.165, 1.54) is 6.07 Å². The van der Waals surface area contributed by atoms with E-state index in [1.54, 1.807) is 23.0 Å². The Kier molecular flexibility index (Phi) is 3.69. The highest BCUT2D eigenvalue weighted by molar-refractivity contribution is 5.51. The van der Waals surface area contributed by atoms with Crippen LogP contribution < -0.4 is 5.32 Å². The second kappa shape index (κ2) is 5.79. The Hall–Kier alpha value is -2.62. The molecule has 0 aliphatic heterocycles. The van der Waals surface area contributed by atoms with Crippen LogP contribution in [0.1, 0.15) is 11.1 Å². The zero-order chi connectivity index (χ0) is 14.7. The van der Waals surface area contributed by atoms with Crippen LogP contribution in [0, 0.1) is 12.7 Å². The third kappa shape index (κ3) is 3.11. The summed E-state index contributed by atoms with van der Waals surface area (Å²) in [4.78, 5) is 0. The predicted molar refractivity (Wildman–Crippen MR) is 82.0 cm³/mol. The average molecular weight is 281 g/mol. The van der Waals surface area contributed by atoms with Gasteiger partial charge in [-0.05, 0) is 54.4 Å². The molecule has 1 aromatic heterocycles. The van der Waals surface area contributed by atoms with Crippen LogP contribution in [-0.4, -0.2) is 9.78 Å². The highest BCUT2D eigenvalue weighted by atomic mass is 19.1. The van der Waals surface area contributed by atoms with Crippen molar-refractivity contribution in [1.29, 1.82) is 0 Å². The van der Waals surface area contributed by atoms with E-state index >= 15 is 0 Å². The van der Waals surface area contributed by atoms with Gasteiger partial charge in [-0.15, -0.1) is 0 Å². The van der Waals surface area contributed by atoms with Crippen LogP contribution in [0.15, 0.2) is 60.9 Å². The monoisotopic (exact) mass is 281 g/mol. The summed E-state index contributed by atoms with van der Waals surface area (Å²) in [5.74, 6) is -0.206. The standard InChI is InChI=1S/C17H16FN3/c1-13-6-7-15(18)10-14(13)12-19-16-4-2-5-17(11-16)21-9-3-8-20-21/h2-11,19H,12H2,1H3. The molecule has 3 rings (SSSR count). The van der Waals surface area contributed by atoms with Crippen molar-refractivity contribution in [3.63, 3.8) is 0 Å². The molecule has 0 saturated carbocycles. The lowest BCUT2D eigenvalue weighted by Gasteiger charge is -2.10. The quantitative estimate of drug-likeness (QED) is 0.785. The molecule has 0 spiro atoms. The van der Waals surface area contributed by atoms with Crippen molar-refractivity contribution in [2.45, 2.75) is 13.5 Å². The van der Waals surface area contributed by atoms with Gasteiger partial charge in [0.25, 0.3) is 0 Å². The smallest absolute Gasteiger partial charge is 0.123 e. The number of aromatic nitrogens is 2. The number of aryl methyl sites for hydroxylation is 1. The lowest BCUT2D eigenvalue weighted by Crippen LogP contribution is -2.03. The zero-order valence-corrected chi connectivity index (χ0v) is 11.8. The minimum absolute atomic E-state index is 0.206. The van der Waals surface area contributed by atoms with Crippen molar-refractivity contribution in [3.8, 4) is 5.69 Å². The van der Waals surface area contributed by atoms with Crippen molar-refractivity contribution >= 4 is 5.69 Å². The molecule has 0 saturated heterocycles. The van der Waals surface area contributed by atoms with Gasteiger partial charge in [-0.2, -0.15) is 5.10 Å². The number of anilines is 1. The predicted octanol–water partition coefficient (Wildman–Crippen LogP) is 3.93. The number of hydrogen-bond donors (Lipinski definition) is 1.